The van der Waals surface area contributed by atoms with E-state index in [0.717, 1.165) is 31.0 Å². The SMILES string of the molecule is CCCCN1CC2(CC(NC(=O)C3CCC4CN3C(=O)N4OS(=O)O)C2)C1. The topological polar surface area (TPSA) is 102 Å². The third kappa shape index (κ3) is 3.59. The maximum absolute atomic E-state index is 12.7. The molecule has 1 spiro atoms. The van der Waals surface area contributed by atoms with E-state index in [0.29, 0.717) is 24.8 Å². The van der Waals surface area contributed by atoms with E-state index in [1.165, 1.54) is 24.3 Å². The second kappa shape index (κ2) is 7.31. The number of hydrogen-bond acceptors (Lipinski definition) is 5. The molecule has 3 unspecified atom stereocenters. The normalized spacial score (nSPS) is 31.0. The Morgan fingerprint density at radius 2 is 2.11 bits per heavy atom. The van der Waals surface area contributed by atoms with Gasteiger partial charge in [-0.25, -0.2) is 4.79 Å². The number of nitrogens with one attached hydrogen (secondary N) is 1. The molecule has 3 heterocycles. The van der Waals surface area contributed by atoms with Crippen LogP contribution in [0.3, 0.4) is 0 Å². The van der Waals surface area contributed by atoms with Gasteiger partial charge >= 0.3 is 17.4 Å². The van der Waals surface area contributed by atoms with Crippen LogP contribution in [-0.4, -0.2) is 79.9 Å². The fourth-order valence-corrected chi connectivity index (χ4v) is 5.48. The third-order valence-corrected chi connectivity index (χ3v) is 6.71. The summed E-state index contributed by atoms with van der Waals surface area (Å²) in [4.78, 5) is 29.0. The number of fused-ring (bicyclic) bond motifs is 2. The fraction of sp³-hybridized carbons (Fsp3) is 0.882. The van der Waals surface area contributed by atoms with Crippen LogP contribution in [0, 0.1) is 5.41 Å². The van der Waals surface area contributed by atoms with Gasteiger partial charge in [-0.15, -0.1) is 4.28 Å². The van der Waals surface area contributed by atoms with Gasteiger partial charge in [-0.05, 0) is 44.1 Å². The Kier molecular flexibility index (Phi) is 5.17. The zero-order valence-corrected chi connectivity index (χ0v) is 16.4. The van der Waals surface area contributed by atoms with E-state index in [1.54, 1.807) is 0 Å². The molecule has 1 aliphatic carbocycles. The van der Waals surface area contributed by atoms with Crippen molar-refractivity contribution in [3.8, 4) is 0 Å². The van der Waals surface area contributed by atoms with E-state index in [2.05, 4.69) is 17.1 Å². The summed E-state index contributed by atoms with van der Waals surface area (Å²) in [6.07, 6.45) is 5.62. The van der Waals surface area contributed by atoms with Crippen LogP contribution in [-0.2, 0) is 20.4 Å². The summed E-state index contributed by atoms with van der Waals surface area (Å²) in [6.45, 7) is 6.01. The molecule has 10 heteroatoms. The van der Waals surface area contributed by atoms with E-state index >= 15 is 0 Å². The Labute approximate surface area is 161 Å². The van der Waals surface area contributed by atoms with Crippen LogP contribution in [0.15, 0.2) is 0 Å². The molecule has 4 rings (SSSR count). The Balaban J connectivity index is 1.25. The molecule has 3 saturated heterocycles. The highest BCUT2D eigenvalue weighted by molar-refractivity contribution is 7.74. The molecule has 2 N–H and O–H groups in total. The number of piperidine rings is 1. The fourth-order valence-electron chi connectivity index (χ4n) is 5.16. The molecule has 0 radical (unpaired) electrons. The molecule has 3 atom stereocenters. The molecule has 27 heavy (non-hydrogen) atoms. The van der Waals surface area contributed by atoms with E-state index in [4.69, 9.17) is 8.84 Å². The van der Waals surface area contributed by atoms with Gasteiger partial charge in [0, 0.05) is 25.7 Å². The summed E-state index contributed by atoms with van der Waals surface area (Å²) in [6, 6.07) is -1.10. The van der Waals surface area contributed by atoms with Crippen LogP contribution in [0.2, 0.25) is 0 Å². The molecule has 4 aliphatic rings. The van der Waals surface area contributed by atoms with E-state index in [-0.39, 0.29) is 18.0 Å². The average molecular weight is 401 g/mol. The van der Waals surface area contributed by atoms with Crippen LogP contribution in [0.25, 0.3) is 0 Å². The standard InChI is InChI=1S/C17H28N4O5S/c1-2-3-6-19-10-17(11-19)7-12(8-17)18-15(22)14-5-4-13-9-20(14)16(23)21(13)26-27(24)25/h12-14H,2-11H2,1H3,(H,18,22)(H,24,25). The predicted octanol–water partition coefficient (Wildman–Crippen LogP) is 0.704. The number of unbranched alkanes of at least 4 members (excludes halogenated alkanes) is 1. The molecule has 0 aromatic carbocycles. The van der Waals surface area contributed by atoms with Gasteiger partial charge in [0.1, 0.15) is 6.04 Å². The molecule has 1 saturated carbocycles. The molecular weight excluding hydrogens is 372 g/mol. The van der Waals surface area contributed by atoms with Gasteiger partial charge in [0.05, 0.1) is 6.04 Å². The largest absolute Gasteiger partial charge is 0.352 e. The first kappa shape index (κ1) is 19.1. The average Bonchev–Trinajstić information content (AvgIpc) is 2.79. The molecule has 152 valence electrons. The lowest BCUT2D eigenvalue weighted by Crippen LogP contribution is -2.67. The number of hydrogen-bond donors (Lipinski definition) is 2. The number of carbonyl (C=O) groups is 2. The Morgan fingerprint density at radius 1 is 1.37 bits per heavy atom. The lowest BCUT2D eigenvalue weighted by Gasteiger charge is -2.59. The van der Waals surface area contributed by atoms with Crippen molar-refractivity contribution in [3.05, 3.63) is 0 Å². The molecule has 2 bridgehead atoms. The van der Waals surface area contributed by atoms with E-state index < -0.39 is 23.4 Å². The predicted molar refractivity (Wildman–Crippen MR) is 97.6 cm³/mol. The number of likely N-dealkylation sites (tertiary alicyclic amines) is 1. The second-order valence-electron chi connectivity index (χ2n) is 8.48. The van der Waals surface area contributed by atoms with Crippen molar-refractivity contribution in [2.75, 3.05) is 26.2 Å². The highest BCUT2D eigenvalue weighted by Gasteiger charge is 2.53. The minimum atomic E-state index is -2.54. The van der Waals surface area contributed by atoms with Crippen LogP contribution in [0.1, 0.15) is 45.4 Å². The van der Waals surface area contributed by atoms with Crippen molar-refractivity contribution in [2.45, 2.75) is 63.6 Å². The Hall–Kier alpha value is -1.23. The quantitative estimate of drug-likeness (QED) is 0.610. The first-order valence-corrected chi connectivity index (χ1v) is 10.9. The van der Waals surface area contributed by atoms with Crippen LogP contribution in [0.4, 0.5) is 4.79 Å². The highest BCUT2D eigenvalue weighted by atomic mass is 32.2. The molecular formula is C17H28N4O5S. The van der Waals surface area contributed by atoms with Crippen molar-refractivity contribution >= 4 is 23.3 Å². The first-order chi connectivity index (χ1) is 12.9. The van der Waals surface area contributed by atoms with E-state index in [1.807, 2.05) is 0 Å². The molecule has 3 aliphatic heterocycles. The van der Waals surface area contributed by atoms with Gasteiger partial charge in [-0.2, -0.15) is 9.27 Å². The first-order valence-electron chi connectivity index (χ1n) is 9.83. The van der Waals surface area contributed by atoms with E-state index in [9.17, 15) is 13.8 Å². The number of carbonyl (C=O) groups excluding carboxylic acids is 2. The summed E-state index contributed by atoms with van der Waals surface area (Å²) in [5, 5.41) is 4.05. The number of amides is 3. The third-order valence-electron chi connectivity index (χ3n) is 6.42. The maximum atomic E-state index is 12.7. The summed E-state index contributed by atoms with van der Waals surface area (Å²) >= 11 is -2.54. The monoisotopic (exact) mass is 400 g/mol. The number of rotatable bonds is 7. The molecule has 0 aromatic heterocycles. The van der Waals surface area contributed by atoms with Crippen LogP contribution >= 0.6 is 0 Å². The molecule has 4 fully saturated rings. The minimum absolute atomic E-state index is 0.115. The van der Waals surface area contributed by atoms with Gasteiger partial charge < -0.3 is 15.1 Å². The van der Waals surface area contributed by atoms with Crippen molar-refractivity contribution < 1.29 is 22.6 Å². The van der Waals surface area contributed by atoms with Crippen molar-refractivity contribution in [2.24, 2.45) is 5.41 Å². The molecule has 9 nitrogen and oxygen atoms in total. The molecule has 3 amide bonds. The van der Waals surface area contributed by atoms with Gasteiger partial charge in [-0.3, -0.25) is 9.35 Å². The Bertz CT molecular complexity index is 633. The summed E-state index contributed by atoms with van der Waals surface area (Å²) in [7, 11) is 0. The van der Waals surface area contributed by atoms with Crippen molar-refractivity contribution in [1.82, 2.24) is 20.2 Å². The second-order valence-corrected chi connectivity index (χ2v) is 9.06. The summed E-state index contributed by atoms with van der Waals surface area (Å²) in [5.41, 5.74) is 0.392. The summed E-state index contributed by atoms with van der Waals surface area (Å²) in [5.74, 6) is -0.115. The lowest BCUT2D eigenvalue weighted by atomic mass is 9.60. The van der Waals surface area contributed by atoms with Crippen LogP contribution in [0.5, 0.6) is 0 Å². The smallest absolute Gasteiger partial charge is 0.346 e. The molecule has 0 aromatic rings. The van der Waals surface area contributed by atoms with Crippen molar-refractivity contribution in [1.29, 1.82) is 0 Å². The Morgan fingerprint density at radius 3 is 2.78 bits per heavy atom. The van der Waals surface area contributed by atoms with Gasteiger partial charge in [0.2, 0.25) is 5.91 Å². The lowest BCUT2D eigenvalue weighted by molar-refractivity contribution is -0.131. The maximum Gasteiger partial charge on any atom is 0.346 e. The van der Waals surface area contributed by atoms with Gasteiger partial charge in [-0.1, -0.05) is 13.3 Å². The zero-order chi connectivity index (χ0) is 19.2. The minimum Gasteiger partial charge on any atom is -0.352 e. The van der Waals surface area contributed by atoms with Crippen molar-refractivity contribution in [3.63, 3.8) is 0 Å². The zero-order valence-electron chi connectivity index (χ0n) is 15.6. The number of nitrogens with zero attached hydrogens (tertiary/aromatic N) is 3. The summed E-state index contributed by atoms with van der Waals surface area (Å²) < 4.78 is 24.4. The number of urea groups is 1. The van der Waals surface area contributed by atoms with Gasteiger partial charge in [0.15, 0.2) is 0 Å². The van der Waals surface area contributed by atoms with Crippen LogP contribution < -0.4 is 5.32 Å². The highest BCUT2D eigenvalue weighted by Crippen LogP contribution is 2.48. The number of hydroxylamine groups is 2. The van der Waals surface area contributed by atoms with Gasteiger partial charge in [0.25, 0.3) is 0 Å².